The molecule has 0 amide bonds. The van der Waals surface area contributed by atoms with E-state index in [-0.39, 0.29) is 6.79 Å². The first-order chi connectivity index (χ1) is 11.7. The monoisotopic (exact) mass is 316 g/mol. The zero-order valence-corrected chi connectivity index (χ0v) is 13.6. The summed E-state index contributed by atoms with van der Waals surface area (Å²) in [5, 5.41) is 8.72. The van der Waals surface area contributed by atoms with Gasteiger partial charge in [0.1, 0.15) is 5.75 Å². The highest BCUT2D eigenvalue weighted by atomic mass is 16.6. The van der Waals surface area contributed by atoms with Crippen molar-refractivity contribution in [2.75, 3.05) is 6.79 Å². The van der Waals surface area contributed by atoms with Crippen LogP contribution in [0.2, 0.25) is 0 Å². The zero-order chi connectivity index (χ0) is 16.8. The maximum Gasteiger partial charge on any atom is 0.186 e. The molecule has 0 heterocycles. The molecule has 2 heteroatoms. The number of aryl methyl sites for hydroxylation is 1. The molecule has 0 radical (unpaired) electrons. The number of ether oxygens (including phenoxy) is 1. The third-order valence-corrected chi connectivity index (χ3v) is 3.88. The van der Waals surface area contributed by atoms with Crippen molar-refractivity contribution in [3.05, 3.63) is 89.5 Å². The molecule has 120 valence electrons. The Bertz CT molecular complexity index is 798. The summed E-state index contributed by atoms with van der Waals surface area (Å²) in [4.78, 5) is 0. The van der Waals surface area contributed by atoms with E-state index < -0.39 is 0 Å². The lowest BCUT2D eigenvalue weighted by Crippen LogP contribution is -1.93. The maximum absolute atomic E-state index is 8.72. The summed E-state index contributed by atoms with van der Waals surface area (Å²) in [5.74, 6) is 0.664. The topological polar surface area (TPSA) is 29.5 Å². The van der Waals surface area contributed by atoms with E-state index in [1.54, 1.807) is 0 Å². The van der Waals surface area contributed by atoms with Gasteiger partial charge >= 0.3 is 0 Å². The predicted octanol–water partition coefficient (Wildman–Crippen LogP) is 5.16. The molecule has 1 N–H and O–H groups in total. The Morgan fingerprint density at radius 1 is 0.708 bits per heavy atom. The fourth-order valence-corrected chi connectivity index (χ4v) is 2.47. The van der Waals surface area contributed by atoms with Crippen LogP contribution in [0.15, 0.2) is 72.8 Å². The van der Waals surface area contributed by atoms with Crippen molar-refractivity contribution < 1.29 is 9.84 Å². The number of aliphatic hydroxyl groups excluding tert-OH is 1. The summed E-state index contributed by atoms with van der Waals surface area (Å²) >= 11 is 0. The first-order valence-electron chi connectivity index (χ1n) is 7.93. The molecule has 0 fully saturated rings. The molecule has 24 heavy (non-hydrogen) atoms. The summed E-state index contributed by atoms with van der Waals surface area (Å²) in [6, 6.07) is 24.7. The molecule has 0 unspecified atom stereocenters. The number of aliphatic hydroxyl groups is 1. The normalized spacial score (nSPS) is 10.9. The van der Waals surface area contributed by atoms with E-state index in [4.69, 9.17) is 9.84 Å². The Morgan fingerprint density at radius 3 is 1.67 bits per heavy atom. The van der Waals surface area contributed by atoms with E-state index in [0.29, 0.717) is 5.75 Å². The van der Waals surface area contributed by atoms with Gasteiger partial charge in [-0.1, -0.05) is 78.4 Å². The summed E-state index contributed by atoms with van der Waals surface area (Å²) in [5.41, 5.74) is 5.96. The standard InChI is InChI=1S/C22H20O2/c1-17-2-10-20(11-3-17)21-12-6-18(7-13-21)4-5-19-8-14-22(15-9-19)24-16-23/h2-15,23H,16H2,1H3. The zero-order valence-electron chi connectivity index (χ0n) is 13.6. The van der Waals surface area contributed by atoms with Crippen LogP contribution in [0.25, 0.3) is 23.3 Å². The minimum atomic E-state index is -0.303. The van der Waals surface area contributed by atoms with E-state index in [2.05, 4.69) is 67.6 Å². The fraction of sp³-hybridized carbons (Fsp3) is 0.0909. The van der Waals surface area contributed by atoms with Crippen LogP contribution < -0.4 is 4.74 Å². The highest BCUT2D eigenvalue weighted by Gasteiger charge is 1.97. The van der Waals surface area contributed by atoms with Crippen LogP contribution in [0.4, 0.5) is 0 Å². The van der Waals surface area contributed by atoms with Gasteiger partial charge < -0.3 is 9.84 Å². The Kier molecular flexibility index (Phi) is 5.09. The second-order valence-electron chi connectivity index (χ2n) is 5.66. The van der Waals surface area contributed by atoms with Gasteiger partial charge in [-0.3, -0.25) is 0 Å². The summed E-state index contributed by atoms with van der Waals surface area (Å²) < 4.78 is 5.02. The van der Waals surface area contributed by atoms with E-state index in [1.165, 1.54) is 16.7 Å². The molecule has 0 bridgehead atoms. The lowest BCUT2D eigenvalue weighted by atomic mass is 10.0. The molecule has 0 aromatic heterocycles. The molecule has 0 spiro atoms. The molecule has 0 atom stereocenters. The van der Waals surface area contributed by atoms with E-state index in [0.717, 1.165) is 11.1 Å². The van der Waals surface area contributed by atoms with Gasteiger partial charge in [-0.15, -0.1) is 0 Å². The smallest absolute Gasteiger partial charge is 0.186 e. The van der Waals surface area contributed by atoms with Crippen LogP contribution in [0.5, 0.6) is 5.75 Å². The molecule has 0 saturated heterocycles. The van der Waals surface area contributed by atoms with Crippen molar-refractivity contribution in [2.45, 2.75) is 6.92 Å². The van der Waals surface area contributed by atoms with E-state index >= 15 is 0 Å². The van der Waals surface area contributed by atoms with Crippen molar-refractivity contribution >= 4 is 12.2 Å². The number of hydrogen-bond donors (Lipinski definition) is 1. The quantitative estimate of drug-likeness (QED) is 0.520. The number of rotatable bonds is 5. The van der Waals surface area contributed by atoms with Crippen LogP contribution in [0.1, 0.15) is 16.7 Å². The number of hydrogen-bond acceptors (Lipinski definition) is 2. The van der Waals surface area contributed by atoms with Gasteiger partial charge in [-0.2, -0.15) is 0 Å². The SMILES string of the molecule is Cc1ccc(-c2ccc(C=Cc3ccc(OCO)cc3)cc2)cc1. The third kappa shape index (κ3) is 4.12. The number of benzene rings is 3. The maximum atomic E-state index is 8.72. The average molecular weight is 316 g/mol. The van der Waals surface area contributed by atoms with Gasteiger partial charge in [0.05, 0.1) is 0 Å². The van der Waals surface area contributed by atoms with E-state index in [1.807, 2.05) is 24.3 Å². The Hall–Kier alpha value is -2.84. The average Bonchev–Trinajstić information content (AvgIpc) is 2.63. The van der Waals surface area contributed by atoms with Crippen LogP contribution in [0.3, 0.4) is 0 Å². The molecular weight excluding hydrogens is 296 g/mol. The lowest BCUT2D eigenvalue weighted by molar-refractivity contribution is 0.0985. The van der Waals surface area contributed by atoms with Gasteiger partial charge in [0.25, 0.3) is 0 Å². The summed E-state index contributed by atoms with van der Waals surface area (Å²) in [6.07, 6.45) is 4.14. The van der Waals surface area contributed by atoms with Gasteiger partial charge in [-0.05, 0) is 41.3 Å². The largest absolute Gasteiger partial charge is 0.468 e. The van der Waals surface area contributed by atoms with Gasteiger partial charge in [0.15, 0.2) is 6.79 Å². The molecule has 3 rings (SSSR count). The second-order valence-corrected chi connectivity index (χ2v) is 5.66. The Morgan fingerprint density at radius 2 is 1.17 bits per heavy atom. The molecule has 0 aliphatic rings. The highest BCUT2D eigenvalue weighted by Crippen LogP contribution is 2.21. The third-order valence-electron chi connectivity index (χ3n) is 3.88. The van der Waals surface area contributed by atoms with Crippen LogP contribution in [-0.2, 0) is 0 Å². The lowest BCUT2D eigenvalue weighted by Gasteiger charge is -2.03. The predicted molar refractivity (Wildman–Crippen MR) is 99.7 cm³/mol. The van der Waals surface area contributed by atoms with Gasteiger partial charge in [-0.25, -0.2) is 0 Å². The van der Waals surface area contributed by atoms with Gasteiger partial charge in [0.2, 0.25) is 0 Å². The first-order valence-corrected chi connectivity index (χ1v) is 7.93. The van der Waals surface area contributed by atoms with Crippen LogP contribution in [-0.4, -0.2) is 11.9 Å². The summed E-state index contributed by atoms with van der Waals surface area (Å²) in [6.45, 7) is 1.79. The van der Waals surface area contributed by atoms with Crippen molar-refractivity contribution in [1.29, 1.82) is 0 Å². The molecule has 0 aliphatic heterocycles. The minimum absolute atomic E-state index is 0.303. The molecule has 3 aromatic rings. The highest BCUT2D eigenvalue weighted by molar-refractivity contribution is 5.72. The Labute approximate surface area is 142 Å². The first kappa shape index (κ1) is 16.0. The van der Waals surface area contributed by atoms with Crippen molar-refractivity contribution in [1.82, 2.24) is 0 Å². The van der Waals surface area contributed by atoms with Gasteiger partial charge in [0, 0.05) is 0 Å². The molecule has 3 aromatic carbocycles. The van der Waals surface area contributed by atoms with Crippen LogP contribution >= 0.6 is 0 Å². The second kappa shape index (κ2) is 7.62. The molecular formula is C22H20O2. The Balaban J connectivity index is 1.70. The fourth-order valence-electron chi connectivity index (χ4n) is 2.47. The van der Waals surface area contributed by atoms with Crippen LogP contribution in [0, 0.1) is 6.92 Å². The molecule has 0 saturated carbocycles. The van der Waals surface area contributed by atoms with E-state index in [9.17, 15) is 0 Å². The van der Waals surface area contributed by atoms with Crippen molar-refractivity contribution in [2.24, 2.45) is 0 Å². The minimum Gasteiger partial charge on any atom is -0.468 e. The summed E-state index contributed by atoms with van der Waals surface area (Å²) in [7, 11) is 0. The van der Waals surface area contributed by atoms with Crippen molar-refractivity contribution in [3.8, 4) is 16.9 Å². The van der Waals surface area contributed by atoms with Crippen molar-refractivity contribution in [3.63, 3.8) is 0 Å². The molecule has 2 nitrogen and oxygen atoms in total. The molecule has 0 aliphatic carbocycles.